The first-order valence-corrected chi connectivity index (χ1v) is 12.2. The number of nitrogens with zero attached hydrogens (tertiary/aromatic N) is 3. The van der Waals surface area contributed by atoms with Gasteiger partial charge in [-0.2, -0.15) is 0 Å². The topological polar surface area (TPSA) is 117 Å². The zero-order valence-electron chi connectivity index (χ0n) is 15.7. The van der Waals surface area contributed by atoms with Crippen LogP contribution in [0.3, 0.4) is 0 Å². The molecule has 1 aliphatic carbocycles. The van der Waals surface area contributed by atoms with E-state index in [1.165, 1.54) is 30.3 Å². The van der Waals surface area contributed by atoms with Gasteiger partial charge in [0, 0.05) is 4.91 Å². The van der Waals surface area contributed by atoms with Crippen LogP contribution in [-0.4, -0.2) is 33.4 Å². The molecule has 0 spiro atoms. The summed E-state index contributed by atoms with van der Waals surface area (Å²) in [6.07, 6.45) is 3.59. The molecule has 4 atom stereocenters. The van der Waals surface area contributed by atoms with E-state index in [1.54, 1.807) is 42.5 Å². The monoisotopic (exact) mass is 431 g/mol. The molecule has 0 amide bonds. The van der Waals surface area contributed by atoms with E-state index in [9.17, 15) is 16.8 Å². The van der Waals surface area contributed by atoms with E-state index in [1.807, 2.05) is 6.92 Å². The molecule has 0 bridgehead atoms. The summed E-state index contributed by atoms with van der Waals surface area (Å²) in [6.45, 7) is 1.81. The lowest BCUT2D eigenvalue weighted by Gasteiger charge is -2.37. The molecule has 0 aromatic heterocycles. The summed E-state index contributed by atoms with van der Waals surface area (Å²) in [6, 6.07) is 14.3. The zero-order valence-corrected chi connectivity index (χ0v) is 17.4. The van der Waals surface area contributed by atoms with Gasteiger partial charge in [0.2, 0.25) is 0 Å². The molecular weight excluding hydrogens is 410 g/mol. The van der Waals surface area contributed by atoms with Gasteiger partial charge in [-0.1, -0.05) is 60.6 Å². The maximum absolute atomic E-state index is 13.6. The molecule has 0 N–H and O–H groups in total. The predicted molar refractivity (Wildman–Crippen MR) is 111 cm³/mol. The number of benzene rings is 2. The third-order valence-corrected chi connectivity index (χ3v) is 9.83. The first-order valence-electron chi connectivity index (χ1n) is 9.14. The third-order valence-electron chi connectivity index (χ3n) is 5.15. The summed E-state index contributed by atoms with van der Waals surface area (Å²) in [4.78, 5) is 2.82. The van der Waals surface area contributed by atoms with Crippen molar-refractivity contribution in [1.29, 1.82) is 0 Å². The quantitative estimate of drug-likeness (QED) is 0.298. The van der Waals surface area contributed by atoms with E-state index in [2.05, 4.69) is 10.0 Å². The van der Waals surface area contributed by atoms with Gasteiger partial charge in [-0.05, 0) is 42.1 Å². The van der Waals surface area contributed by atoms with Crippen LogP contribution in [0.5, 0.6) is 0 Å². The van der Waals surface area contributed by atoms with Crippen LogP contribution in [0, 0.1) is 5.92 Å². The Hall–Kier alpha value is -2.61. The average molecular weight is 432 g/mol. The van der Waals surface area contributed by atoms with E-state index >= 15 is 0 Å². The van der Waals surface area contributed by atoms with Crippen molar-refractivity contribution in [3.05, 3.63) is 83.3 Å². The van der Waals surface area contributed by atoms with Crippen molar-refractivity contribution >= 4 is 19.7 Å². The molecule has 7 nitrogen and oxygen atoms in total. The van der Waals surface area contributed by atoms with Gasteiger partial charge in [-0.25, -0.2) is 16.8 Å². The minimum Gasteiger partial charge on any atom is -0.223 e. The Morgan fingerprint density at radius 1 is 0.828 bits per heavy atom. The van der Waals surface area contributed by atoms with Crippen molar-refractivity contribution in [3.8, 4) is 0 Å². The zero-order chi connectivity index (χ0) is 21.1. The lowest BCUT2D eigenvalue weighted by molar-refractivity contribution is 0.463. The lowest BCUT2D eigenvalue weighted by Crippen LogP contribution is -2.51. The van der Waals surface area contributed by atoms with E-state index in [0.29, 0.717) is 6.42 Å². The Morgan fingerprint density at radius 3 is 1.76 bits per heavy atom. The molecule has 29 heavy (non-hydrogen) atoms. The SMILES string of the molecule is CC[C@H]1C=C[C@H](N=[N+]=[N-])[C@@H](S(=O)(=O)c2ccccc2)[C@@H]1S(=O)(=O)c1ccccc1. The van der Waals surface area contributed by atoms with Crippen molar-refractivity contribution in [1.82, 2.24) is 0 Å². The molecule has 2 aromatic carbocycles. The minimum absolute atomic E-state index is 0.00144. The summed E-state index contributed by atoms with van der Waals surface area (Å²) < 4.78 is 54.2. The highest BCUT2D eigenvalue weighted by atomic mass is 32.2. The Bertz CT molecular complexity index is 1140. The van der Waals surface area contributed by atoms with Crippen LogP contribution in [0.1, 0.15) is 13.3 Å². The molecule has 0 saturated carbocycles. The average Bonchev–Trinajstić information content (AvgIpc) is 2.74. The van der Waals surface area contributed by atoms with E-state index in [4.69, 9.17) is 5.53 Å². The van der Waals surface area contributed by atoms with E-state index in [-0.39, 0.29) is 9.79 Å². The number of sulfone groups is 2. The molecule has 0 heterocycles. The number of azide groups is 1. The molecule has 0 unspecified atom stereocenters. The van der Waals surface area contributed by atoms with Crippen LogP contribution < -0.4 is 0 Å². The number of allylic oxidation sites excluding steroid dienone is 1. The molecule has 0 saturated heterocycles. The molecule has 1 aliphatic rings. The Balaban J connectivity index is 2.26. The molecule has 3 rings (SSSR count). The first-order chi connectivity index (χ1) is 13.8. The van der Waals surface area contributed by atoms with Gasteiger partial charge in [0.15, 0.2) is 19.7 Å². The Morgan fingerprint density at radius 2 is 1.31 bits per heavy atom. The maximum atomic E-state index is 13.6. The fourth-order valence-corrected chi connectivity index (χ4v) is 8.65. The maximum Gasteiger partial charge on any atom is 0.183 e. The van der Waals surface area contributed by atoms with Gasteiger partial charge in [0.25, 0.3) is 0 Å². The van der Waals surface area contributed by atoms with E-state index in [0.717, 1.165) is 0 Å². The van der Waals surface area contributed by atoms with Gasteiger partial charge < -0.3 is 0 Å². The van der Waals surface area contributed by atoms with Crippen molar-refractivity contribution in [2.45, 2.75) is 39.7 Å². The third kappa shape index (κ3) is 3.94. The second-order valence-electron chi connectivity index (χ2n) is 6.80. The van der Waals surface area contributed by atoms with Crippen LogP contribution in [0.25, 0.3) is 10.4 Å². The normalized spacial score (nSPS) is 24.6. The van der Waals surface area contributed by atoms with Gasteiger partial charge in [0.1, 0.15) is 0 Å². The van der Waals surface area contributed by atoms with Crippen LogP contribution >= 0.6 is 0 Å². The summed E-state index contributed by atoms with van der Waals surface area (Å²) >= 11 is 0. The van der Waals surface area contributed by atoms with Crippen LogP contribution in [-0.2, 0) is 19.7 Å². The second-order valence-corrected chi connectivity index (χ2v) is 11.0. The highest BCUT2D eigenvalue weighted by molar-refractivity contribution is 7.96. The van der Waals surface area contributed by atoms with Gasteiger partial charge in [-0.3, -0.25) is 0 Å². The summed E-state index contributed by atoms with van der Waals surface area (Å²) in [7, 11) is -8.14. The Kier molecular flexibility index (Phi) is 6.12. The van der Waals surface area contributed by atoms with Crippen molar-refractivity contribution in [3.63, 3.8) is 0 Å². The molecule has 2 aromatic rings. The summed E-state index contributed by atoms with van der Waals surface area (Å²) in [5.41, 5.74) is 8.98. The van der Waals surface area contributed by atoms with Crippen molar-refractivity contribution < 1.29 is 16.8 Å². The standard InChI is InChI=1S/C20H21N3O4S2/c1-2-15-13-14-18(22-23-21)20(29(26,27)17-11-7-4-8-12-17)19(15)28(24,25)16-9-5-3-6-10-16/h3-15,18-20H,2H2,1H3/t15-,18-,19+,20+/m0/s1. The minimum atomic E-state index is -4.11. The molecular formula is C20H21N3O4S2. The summed E-state index contributed by atoms with van der Waals surface area (Å²) in [5, 5.41) is 0.926. The highest BCUT2D eigenvalue weighted by Crippen LogP contribution is 2.38. The van der Waals surface area contributed by atoms with Crippen molar-refractivity contribution in [2.24, 2.45) is 11.0 Å². The predicted octanol–water partition coefficient (Wildman–Crippen LogP) is 3.95. The fourth-order valence-electron chi connectivity index (χ4n) is 3.75. The van der Waals surface area contributed by atoms with Crippen LogP contribution in [0.2, 0.25) is 0 Å². The largest absolute Gasteiger partial charge is 0.223 e. The summed E-state index contributed by atoms with van der Waals surface area (Å²) in [5.74, 6) is -0.533. The van der Waals surface area contributed by atoms with Crippen LogP contribution in [0.4, 0.5) is 0 Å². The van der Waals surface area contributed by atoms with E-state index < -0.39 is 42.1 Å². The number of rotatable bonds is 6. The molecule has 9 heteroatoms. The van der Waals surface area contributed by atoms with Gasteiger partial charge in [0.05, 0.1) is 26.3 Å². The molecule has 0 fully saturated rings. The van der Waals surface area contributed by atoms with Crippen molar-refractivity contribution in [2.75, 3.05) is 0 Å². The van der Waals surface area contributed by atoms with Gasteiger partial charge in [-0.15, -0.1) is 0 Å². The molecule has 0 radical (unpaired) electrons. The smallest absolute Gasteiger partial charge is 0.183 e. The highest BCUT2D eigenvalue weighted by Gasteiger charge is 2.50. The lowest BCUT2D eigenvalue weighted by atomic mass is 9.90. The number of hydrogen-bond acceptors (Lipinski definition) is 5. The van der Waals surface area contributed by atoms with Gasteiger partial charge >= 0.3 is 0 Å². The first kappa shape index (κ1) is 21.1. The fraction of sp³-hybridized carbons (Fsp3) is 0.300. The molecule has 0 aliphatic heterocycles. The molecule has 152 valence electrons. The second kappa shape index (κ2) is 8.41. The Labute approximate surface area is 170 Å². The number of hydrogen-bond donors (Lipinski definition) is 0. The van der Waals surface area contributed by atoms with Crippen LogP contribution in [0.15, 0.2) is 87.7 Å².